The largest absolute Gasteiger partial charge is 0.475 e. The van der Waals surface area contributed by atoms with Crippen LogP contribution in [0.4, 0.5) is 5.69 Å². The van der Waals surface area contributed by atoms with Gasteiger partial charge in [0.25, 0.3) is 5.91 Å². The van der Waals surface area contributed by atoms with E-state index in [0.717, 1.165) is 17.5 Å². The van der Waals surface area contributed by atoms with Crippen LogP contribution in [0.3, 0.4) is 0 Å². The van der Waals surface area contributed by atoms with E-state index in [1.54, 1.807) is 24.4 Å². The average Bonchev–Trinajstić information content (AvgIpc) is 3.31. The lowest BCUT2D eigenvalue weighted by atomic mass is 10.1. The molecule has 0 saturated carbocycles. The molecule has 0 spiro atoms. The lowest BCUT2D eigenvalue weighted by molar-refractivity contribution is -0.121. The number of nitrogens with one attached hydrogen (secondary N) is 2. The molecule has 0 bridgehead atoms. The van der Waals surface area contributed by atoms with Crippen LogP contribution in [0.2, 0.25) is 0 Å². The number of rotatable bonds is 15. The lowest BCUT2D eigenvalue weighted by Gasteiger charge is -2.09. The van der Waals surface area contributed by atoms with Crippen molar-refractivity contribution < 1.29 is 23.8 Å². The van der Waals surface area contributed by atoms with Gasteiger partial charge in [-0.25, -0.2) is 15.0 Å². The first-order chi connectivity index (χ1) is 19.0. The van der Waals surface area contributed by atoms with Gasteiger partial charge in [-0.3, -0.25) is 14.0 Å². The van der Waals surface area contributed by atoms with E-state index in [4.69, 9.17) is 14.2 Å². The highest BCUT2D eigenvalue weighted by Gasteiger charge is 2.12. The van der Waals surface area contributed by atoms with E-state index in [1.807, 2.05) is 28.7 Å². The second kappa shape index (κ2) is 14.2. The molecule has 0 saturated heterocycles. The first-order valence-corrected chi connectivity index (χ1v) is 13.1. The third-order valence-electron chi connectivity index (χ3n) is 5.77. The van der Waals surface area contributed by atoms with Crippen LogP contribution in [0.5, 0.6) is 5.88 Å². The summed E-state index contributed by atoms with van der Waals surface area (Å²) in [7, 11) is 0. The van der Waals surface area contributed by atoms with E-state index in [-0.39, 0.29) is 17.5 Å². The Balaban J connectivity index is 1.09. The number of carbonyl (C=O) groups is 2. The first-order valence-electron chi connectivity index (χ1n) is 13.1. The highest BCUT2D eigenvalue weighted by atomic mass is 16.5. The number of imidazole rings is 1. The van der Waals surface area contributed by atoms with Crippen LogP contribution in [0.25, 0.3) is 16.8 Å². The number of fused-ring (bicyclic) bond motifs is 3. The minimum Gasteiger partial charge on any atom is -0.475 e. The number of aromatic nitrogens is 4. The minimum absolute atomic E-state index is 0.0583. The summed E-state index contributed by atoms with van der Waals surface area (Å²) in [6.07, 6.45) is 4.74. The van der Waals surface area contributed by atoms with Gasteiger partial charge in [-0.2, -0.15) is 0 Å². The van der Waals surface area contributed by atoms with Crippen molar-refractivity contribution in [2.45, 2.75) is 26.7 Å². The maximum absolute atomic E-state index is 12.7. The molecule has 2 amide bonds. The van der Waals surface area contributed by atoms with Gasteiger partial charge in [-0.15, -0.1) is 0 Å². The quantitative estimate of drug-likeness (QED) is 0.222. The number of carbonyl (C=O) groups excluding carboxylic acids is 2. The SMILES string of the molecule is CC(C)CCC(=O)NCCOCCOCCOc1ccc(NC(=O)c2ccn3c(n2)nc2ccccc23)cn1. The van der Waals surface area contributed by atoms with Gasteiger partial charge in [0.1, 0.15) is 12.3 Å². The Labute approximate surface area is 226 Å². The summed E-state index contributed by atoms with van der Waals surface area (Å²) in [6.45, 7) is 6.71. The zero-order valence-corrected chi connectivity index (χ0v) is 22.3. The van der Waals surface area contributed by atoms with Crippen molar-refractivity contribution >= 4 is 34.3 Å². The van der Waals surface area contributed by atoms with Gasteiger partial charge in [-0.05, 0) is 36.6 Å². The van der Waals surface area contributed by atoms with Crippen LogP contribution in [-0.4, -0.2) is 70.7 Å². The first kappa shape index (κ1) is 27.9. The van der Waals surface area contributed by atoms with Crippen LogP contribution < -0.4 is 15.4 Å². The van der Waals surface area contributed by atoms with Crippen molar-refractivity contribution in [1.82, 2.24) is 24.7 Å². The highest BCUT2D eigenvalue weighted by Crippen LogP contribution is 2.16. The van der Waals surface area contributed by atoms with Crippen molar-refractivity contribution in [3.63, 3.8) is 0 Å². The summed E-state index contributed by atoms with van der Waals surface area (Å²) in [6, 6.07) is 12.7. The fraction of sp³-hybridized carbons (Fsp3) is 0.393. The molecule has 0 aliphatic heterocycles. The molecule has 11 heteroatoms. The molecule has 1 aromatic carbocycles. The molecule has 3 heterocycles. The number of benzene rings is 1. The van der Waals surface area contributed by atoms with Crippen molar-refractivity contribution in [2.24, 2.45) is 5.92 Å². The molecular formula is C28H34N6O5. The molecule has 0 atom stereocenters. The van der Waals surface area contributed by atoms with Gasteiger partial charge in [-0.1, -0.05) is 26.0 Å². The van der Waals surface area contributed by atoms with Gasteiger partial charge < -0.3 is 24.8 Å². The fourth-order valence-corrected chi connectivity index (χ4v) is 3.71. The molecule has 0 radical (unpaired) electrons. The Bertz CT molecular complexity index is 1370. The molecule has 39 heavy (non-hydrogen) atoms. The molecule has 0 fully saturated rings. The minimum atomic E-state index is -0.357. The molecule has 11 nitrogen and oxygen atoms in total. The number of hydrogen-bond donors (Lipinski definition) is 2. The summed E-state index contributed by atoms with van der Waals surface area (Å²) < 4.78 is 18.4. The molecule has 3 aromatic heterocycles. The zero-order valence-electron chi connectivity index (χ0n) is 22.3. The maximum Gasteiger partial charge on any atom is 0.274 e. The molecule has 0 unspecified atom stereocenters. The third kappa shape index (κ3) is 8.45. The Morgan fingerprint density at radius 1 is 0.949 bits per heavy atom. The molecule has 4 rings (SSSR count). The van der Waals surface area contributed by atoms with Crippen molar-refractivity contribution in [3.8, 4) is 5.88 Å². The maximum atomic E-state index is 12.7. The Kier molecular flexibility index (Phi) is 10.1. The van der Waals surface area contributed by atoms with Crippen molar-refractivity contribution in [3.05, 3.63) is 60.6 Å². The summed E-state index contributed by atoms with van der Waals surface area (Å²) in [5, 5.41) is 5.63. The van der Waals surface area contributed by atoms with Crippen LogP contribution in [0.1, 0.15) is 37.2 Å². The topological polar surface area (TPSA) is 129 Å². The predicted octanol–water partition coefficient (Wildman–Crippen LogP) is 3.49. The number of anilines is 1. The number of para-hydroxylation sites is 2. The van der Waals surface area contributed by atoms with Gasteiger partial charge in [0, 0.05) is 25.2 Å². The van der Waals surface area contributed by atoms with Gasteiger partial charge in [0.2, 0.25) is 17.6 Å². The Morgan fingerprint density at radius 3 is 2.54 bits per heavy atom. The summed E-state index contributed by atoms with van der Waals surface area (Å²) >= 11 is 0. The Hall–Kier alpha value is -4.09. The summed E-state index contributed by atoms with van der Waals surface area (Å²) in [5.41, 5.74) is 2.52. The van der Waals surface area contributed by atoms with E-state index >= 15 is 0 Å². The monoisotopic (exact) mass is 534 g/mol. The fourth-order valence-electron chi connectivity index (χ4n) is 3.71. The number of ether oxygens (including phenoxy) is 3. The summed E-state index contributed by atoms with van der Waals surface area (Å²) in [4.78, 5) is 37.4. The van der Waals surface area contributed by atoms with E-state index in [0.29, 0.717) is 69.3 Å². The molecular weight excluding hydrogens is 500 g/mol. The van der Waals surface area contributed by atoms with E-state index < -0.39 is 0 Å². The second-order valence-electron chi connectivity index (χ2n) is 9.28. The van der Waals surface area contributed by atoms with Gasteiger partial charge in [0.05, 0.1) is 49.3 Å². The molecule has 206 valence electrons. The normalized spacial score (nSPS) is 11.3. The van der Waals surface area contributed by atoms with Crippen LogP contribution in [0.15, 0.2) is 54.9 Å². The number of hydrogen-bond acceptors (Lipinski definition) is 8. The van der Waals surface area contributed by atoms with E-state index in [9.17, 15) is 9.59 Å². The van der Waals surface area contributed by atoms with Gasteiger partial charge in [0.15, 0.2) is 0 Å². The molecule has 4 aromatic rings. The lowest BCUT2D eigenvalue weighted by Crippen LogP contribution is -2.27. The van der Waals surface area contributed by atoms with Crippen molar-refractivity contribution in [1.29, 1.82) is 0 Å². The molecule has 0 aliphatic rings. The standard InChI is InChI=1S/C28H34N6O5/c1-20(2)7-9-25(35)29-12-14-37-15-16-38-17-18-39-26-10-8-21(19-30-26)31-27(36)23-11-13-34-24-6-4-3-5-22(24)32-28(34)33-23/h3-6,8,10-11,13,19-20H,7,9,12,14-18H2,1-2H3,(H,29,35)(H,31,36). The van der Waals surface area contributed by atoms with Crippen molar-refractivity contribution in [2.75, 3.05) is 44.9 Å². The average molecular weight is 535 g/mol. The third-order valence-corrected chi connectivity index (χ3v) is 5.77. The number of amides is 2. The smallest absolute Gasteiger partial charge is 0.274 e. The van der Waals surface area contributed by atoms with Crippen LogP contribution in [0, 0.1) is 5.92 Å². The zero-order chi connectivity index (χ0) is 27.5. The van der Waals surface area contributed by atoms with E-state index in [1.165, 1.54) is 6.20 Å². The van der Waals surface area contributed by atoms with E-state index in [2.05, 4.69) is 39.4 Å². The van der Waals surface area contributed by atoms with Crippen LogP contribution in [-0.2, 0) is 14.3 Å². The predicted molar refractivity (Wildman–Crippen MR) is 147 cm³/mol. The highest BCUT2D eigenvalue weighted by molar-refractivity contribution is 6.03. The summed E-state index contributed by atoms with van der Waals surface area (Å²) in [5.74, 6) is 1.10. The number of pyridine rings is 1. The number of nitrogens with zero attached hydrogens (tertiary/aromatic N) is 4. The molecule has 0 aliphatic carbocycles. The Morgan fingerprint density at radius 2 is 1.74 bits per heavy atom. The van der Waals surface area contributed by atoms with Gasteiger partial charge >= 0.3 is 0 Å². The van der Waals surface area contributed by atoms with Crippen LogP contribution >= 0.6 is 0 Å². The second-order valence-corrected chi connectivity index (χ2v) is 9.28. The molecule has 2 N–H and O–H groups in total.